The number of hydrogen-bond acceptors (Lipinski definition) is 2. The molecule has 1 aliphatic rings. The Morgan fingerprint density at radius 1 is 1.57 bits per heavy atom. The third kappa shape index (κ3) is 2.29. The highest BCUT2D eigenvalue weighted by Crippen LogP contribution is 2.37. The van der Waals surface area contributed by atoms with Crippen molar-refractivity contribution >= 4 is 0 Å². The zero-order valence-electron chi connectivity index (χ0n) is 9.12. The molecule has 80 valence electrons. The molecular weight excluding hydrogens is 176 g/mol. The molecule has 0 heterocycles. The Morgan fingerprint density at radius 2 is 2.14 bits per heavy atom. The Bertz CT molecular complexity index is 209. The van der Waals surface area contributed by atoms with Crippen LogP contribution in [0.4, 0.5) is 0 Å². The van der Waals surface area contributed by atoms with Crippen molar-refractivity contribution in [1.29, 1.82) is 0 Å². The first-order chi connectivity index (χ1) is 6.64. The molecule has 0 radical (unpaired) electrons. The largest absolute Gasteiger partial charge is 0.389 e. The summed E-state index contributed by atoms with van der Waals surface area (Å²) in [6, 6.07) is 0. The first-order valence-electron chi connectivity index (χ1n) is 5.31. The third-order valence-corrected chi connectivity index (χ3v) is 3.45. The van der Waals surface area contributed by atoms with Crippen LogP contribution >= 0.6 is 0 Å². The van der Waals surface area contributed by atoms with Crippen LogP contribution < -0.4 is 0 Å². The highest BCUT2D eigenvalue weighted by atomic mass is 16.5. The van der Waals surface area contributed by atoms with Crippen LogP contribution in [-0.4, -0.2) is 23.9 Å². The van der Waals surface area contributed by atoms with Gasteiger partial charge in [-0.3, -0.25) is 0 Å². The molecule has 0 bridgehead atoms. The van der Waals surface area contributed by atoms with Gasteiger partial charge in [0.25, 0.3) is 0 Å². The second-order valence-corrected chi connectivity index (χ2v) is 4.38. The number of hydrogen-bond donors (Lipinski definition) is 1. The van der Waals surface area contributed by atoms with Crippen LogP contribution in [0.5, 0.6) is 0 Å². The average Bonchev–Trinajstić information content (AvgIpc) is 2.20. The Kier molecular flexibility index (Phi) is 3.97. The lowest BCUT2D eigenvalue weighted by molar-refractivity contribution is -0.125. The van der Waals surface area contributed by atoms with Crippen molar-refractivity contribution in [3.05, 3.63) is 0 Å². The predicted octanol–water partition coefficient (Wildman–Crippen LogP) is 1.97. The van der Waals surface area contributed by atoms with Crippen LogP contribution in [0.2, 0.25) is 0 Å². The lowest BCUT2D eigenvalue weighted by Gasteiger charge is -2.41. The number of aliphatic hydroxyl groups is 1. The van der Waals surface area contributed by atoms with Gasteiger partial charge in [-0.15, -0.1) is 12.3 Å². The quantitative estimate of drug-likeness (QED) is 0.699. The molecule has 1 fully saturated rings. The Hall–Kier alpha value is -0.520. The monoisotopic (exact) mass is 196 g/mol. The van der Waals surface area contributed by atoms with Crippen LogP contribution in [0.3, 0.4) is 0 Å². The minimum absolute atomic E-state index is 0.376. The first-order valence-corrected chi connectivity index (χ1v) is 5.31. The second-order valence-electron chi connectivity index (χ2n) is 4.38. The third-order valence-electron chi connectivity index (χ3n) is 3.45. The normalized spacial score (nSPS) is 34.9. The molecule has 0 aromatic heterocycles. The molecule has 1 saturated carbocycles. The number of aliphatic hydroxyl groups excluding tert-OH is 1. The average molecular weight is 196 g/mol. The van der Waals surface area contributed by atoms with E-state index in [9.17, 15) is 5.11 Å². The van der Waals surface area contributed by atoms with Crippen molar-refractivity contribution < 1.29 is 9.84 Å². The molecule has 14 heavy (non-hydrogen) atoms. The molecule has 0 aromatic rings. The summed E-state index contributed by atoms with van der Waals surface area (Å²) in [7, 11) is 1.68. The maximum absolute atomic E-state index is 9.94. The lowest BCUT2D eigenvalue weighted by atomic mass is 9.75. The topological polar surface area (TPSA) is 29.5 Å². The number of ether oxygens (including phenoxy) is 1. The van der Waals surface area contributed by atoms with Gasteiger partial charge in [0, 0.05) is 13.5 Å². The standard InChI is InChI=1S/C12H20O2/c1-4-5-11(13)12(14-3)8-6-10(2)7-9-12/h1,10-11,13H,5-9H2,2-3H3. The maximum atomic E-state index is 9.94. The molecule has 1 atom stereocenters. The smallest absolute Gasteiger partial charge is 0.0946 e. The van der Waals surface area contributed by atoms with Crippen molar-refractivity contribution in [2.75, 3.05) is 7.11 Å². The number of methoxy groups -OCH3 is 1. The number of terminal acetylenes is 1. The van der Waals surface area contributed by atoms with E-state index in [2.05, 4.69) is 12.8 Å². The Balaban J connectivity index is 2.63. The van der Waals surface area contributed by atoms with Gasteiger partial charge in [0.1, 0.15) is 0 Å². The Morgan fingerprint density at radius 3 is 2.57 bits per heavy atom. The van der Waals surface area contributed by atoms with Crippen LogP contribution in [0.25, 0.3) is 0 Å². The Labute approximate surface area is 86.7 Å². The van der Waals surface area contributed by atoms with E-state index in [1.165, 1.54) is 0 Å². The van der Waals surface area contributed by atoms with E-state index in [4.69, 9.17) is 11.2 Å². The fourth-order valence-corrected chi connectivity index (χ4v) is 2.22. The maximum Gasteiger partial charge on any atom is 0.0946 e. The van der Waals surface area contributed by atoms with Gasteiger partial charge in [0.05, 0.1) is 11.7 Å². The van der Waals surface area contributed by atoms with Gasteiger partial charge in [-0.05, 0) is 31.6 Å². The molecule has 1 unspecified atom stereocenters. The molecular formula is C12H20O2. The van der Waals surface area contributed by atoms with Crippen molar-refractivity contribution in [3.8, 4) is 12.3 Å². The van der Waals surface area contributed by atoms with Crippen molar-refractivity contribution in [2.45, 2.75) is 50.7 Å². The fraction of sp³-hybridized carbons (Fsp3) is 0.833. The van der Waals surface area contributed by atoms with E-state index in [0.29, 0.717) is 6.42 Å². The molecule has 1 rings (SSSR count). The van der Waals surface area contributed by atoms with Gasteiger partial charge in [-0.1, -0.05) is 6.92 Å². The van der Waals surface area contributed by atoms with E-state index in [1.807, 2.05) is 0 Å². The minimum Gasteiger partial charge on any atom is -0.389 e. The van der Waals surface area contributed by atoms with Crippen molar-refractivity contribution in [2.24, 2.45) is 5.92 Å². The summed E-state index contributed by atoms with van der Waals surface area (Å²) in [5.74, 6) is 3.25. The summed E-state index contributed by atoms with van der Waals surface area (Å²) in [5.41, 5.74) is -0.376. The summed E-state index contributed by atoms with van der Waals surface area (Å²) in [5, 5.41) is 9.94. The van der Waals surface area contributed by atoms with Crippen LogP contribution in [0, 0.1) is 18.3 Å². The van der Waals surface area contributed by atoms with E-state index >= 15 is 0 Å². The highest BCUT2D eigenvalue weighted by molar-refractivity contribution is 4.98. The molecule has 2 nitrogen and oxygen atoms in total. The second kappa shape index (κ2) is 4.82. The molecule has 0 spiro atoms. The molecule has 1 aliphatic carbocycles. The number of rotatable bonds is 3. The molecule has 2 heteroatoms. The van der Waals surface area contributed by atoms with Crippen molar-refractivity contribution in [3.63, 3.8) is 0 Å². The summed E-state index contributed by atoms with van der Waals surface area (Å²) in [6.45, 7) is 2.24. The van der Waals surface area contributed by atoms with E-state index in [0.717, 1.165) is 31.6 Å². The van der Waals surface area contributed by atoms with Gasteiger partial charge in [0.2, 0.25) is 0 Å². The van der Waals surface area contributed by atoms with Gasteiger partial charge >= 0.3 is 0 Å². The summed E-state index contributed by atoms with van der Waals surface area (Å²) < 4.78 is 5.50. The minimum atomic E-state index is -0.509. The molecule has 0 saturated heterocycles. The van der Waals surface area contributed by atoms with Gasteiger partial charge in [-0.2, -0.15) is 0 Å². The molecule has 0 aromatic carbocycles. The predicted molar refractivity (Wildman–Crippen MR) is 56.8 cm³/mol. The van der Waals surface area contributed by atoms with Crippen LogP contribution in [-0.2, 0) is 4.74 Å². The zero-order chi connectivity index (χ0) is 10.6. The molecule has 0 aliphatic heterocycles. The highest BCUT2D eigenvalue weighted by Gasteiger charge is 2.40. The first kappa shape index (κ1) is 11.6. The molecule has 0 amide bonds. The van der Waals surface area contributed by atoms with Gasteiger partial charge in [0.15, 0.2) is 0 Å². The van der Waals surface area contributed by atoms with E-state index < -0.39 is 6.10 Å². The summed E-state index contributed by atoms with van der Waals surface area (Å²) >= 11 is 0. The SMILES string of the molecule is C#CCC(O)C1(OC)CCC(C)CC1. The zero-order valence-corrected chi connectivity index (χ0v) is 9.12. The fourth-order valence-electron chi connectivity index (χ4n) is 2.22. The van der Waals surface area contributed by atoms with Crippen molar-refractivity contribution in [1.82, 2.24) is 0 Å². The van der Waals surface area contributed by atoms with Crippen LogP contribution in [0.1, 0.15) is 39.0 Å². The lowest BCUT2D eigenvalue weighted by Crippen LogP contribution is -2.46. The van der Waals surface area contributed by atoms with Gasteiger partial charge in [-0.25, -0.2) is 0 Å². The van der Waals surface area contributed by atoms with E-state index in [1.54, 1.807) is 7.11 Å². The summed E-state index contributed by atoms with van der Waals surface area (Å²) in [4.78, 5) is 0. The molecule has 1 N–H and O–H groups in total. The van der Waals surface area contributed by atoms with Gasteiger partial charge < -0.3 is 9.84 Å². The van der Waals surface area contributed by atoms with Crippen LogP contribution in [0.15, 0.2) is 0 Å². The van der Waals surface area contributed by atoms with E-state index in [-0.39, 0.29) is 5.60 Å². The summed E-state index contributed by atoms with van der Waals surface area (Å²) in [6.07, 6.45) is 9.18.